The van der Waals surface area contributed by atoms with Crippen LogP contribution in [0.3, 0.4) is 0 Å². The second kappa shape index (κ2) is 7.73. The summed E-state index contributed by atoms with van der Waals surface area (Å²) in [6, 6.07) is 0. The third kappa shape index (κ3) is 5.56. The lowest BCUT2D eigenvalue weighted by Gasteiger charge is -2.40. The van der Waals surface area contributed by atoms with E-state index >= 15 is 0 Å². The van der Waals surface area contributed by atoms with Crippen molar-refractivity contribution in [1.29, 1.82) is 0 Å². The van der Waals surface area contributed by atoms with Gasteiger partial charge in [-0.3, -0.25) is 4.79 Å². The van der Waals surface area contributed by atoms with Crippen molar-refractivity contribution in [2.45, 2.75) is 78.1 Å². The summed E-state index contributed by atoms with van der Waals surface area (Å²) < 4.78 is 4.40. The Kier molecular flexibility index (Phi) is 6.61. The fourth-order valence-corrected chi connectivity index (χ4v) is 3.31. The van der Waals surface area contributed by atoms with Crippen LogP contribution in [0.4, 0.5) is 0 Å². The van der Waals surface area contributed by atoms with Gasteiger partial charge in [0.1, 0.15) is 0 Å². The van der Waals surface area contributed by atoms with E-state index in [-0.39, 0.29) is 5.97 Å². The van der Waals surface area contributed by atoms with E-state index in [4.69, 9.17) is 0 Å². The minimum Gasteiger partial charge on any atom is -0.466 e. The number of ether oxygens (including phenoxy) is 1. The maximum atomic E-state index is 9.82. The molecule has 0 aliphatic heterocycles. The first-order valence-corrected chi connectivity index (χ1v) is 7.32. The van der Waals surface area contributed by atoms with Gasteiger partial charge in [0.05, 0.1) is 6.61 Å². The predicted octanol–water partition coefficient (Wildman–Crippen LogP) is 4.47. The van der Waals surface area contributed by atoms with Gasteiger partial charge in [-0.2, -0.15) is 0 Å². The van der Waals surface area contributed by atoms with E-state index in [1.807, 2.05) is 0 Å². The van der Waals surface area contributed by atoms with Gasteiger partial charge >= 0.3 is 5.97 Å². The Morgan fingerprint density at radius 2 is 1.35 bits per heavy atom. The minimum atomic E-state index is -0.211. The highest BCUT2D eigenvalue weighted by Crippen LogP contribution is 2.47. The van der Waals surface area contributed by atoms with Crippen LogP contribution in [-0.2, 0) is 9.53 Å². The van der Waals surface area contributed by atoms with Crippen LogP contribution in [-0.4, -0.2) is 12.6 Å². The van der Waals surface area contributed by atoms with Crippen LogP contribution in [0, 0.1) is 5.41 Å². The van der Waals surface area contributed by atoms with E-state index in [1.54, 1.807) is 32.6 Å². The van der Waals surface area contributed by atoms with Gasteiger partial charge in [0.25, 0.3) is 0 Å². The molecule has 2 fully saturated rings. The van der Waals surface area contributed by atoms with Crippen molar-refractivity contribution >= 4 is 5.97 Å². The zero-order valence-corrected chi connectivity index (χ0v) is 11.6. The van der Waals surface area contributed by atoms with Gasteiger partial charge in [0, 0.05) is 6.92 Å². The Balaban J connectivity index is 0.000000209. The van der Waals surface area contributed by atoms with E-state index in [0.29, 0.717) is 6.61 Å². The number of hydrogen-bond donors (Lipinski definition) is 0. The summed E-state index contributed by atoms with van der Waals surface area (Å²) >= 11 is 0. The predicted molar refractivity (Wildman–Crippen MR) is 70.9 cm³/mol. The van der Waals surface area contributed by atoms with Crippen molar-refractivity contribution < 1.29 is 9.53 Å². The van der Waals surface area contributed by atoms with Crippen LogP contribution in [0.15, 0.2) is 0 Å². The van der Waals surface area contributed by atoms with Crippen molar-refractivity contribution in [3.8, 4) is 0 Å². The van der Waals surface area contributed by atoms with Gasteiger partial charge in [-0.1, -0.05) is 38.5 Å². The van der Waals surface area contributed by atoms with Gasteiger partial charge < -0.3 is 4.74 Å². The first-order chi connectivity index (χ1) is 8.18. The molecule has 0 bridgehead atoms. The molecule has 0 aromatic carbocycles. The van der Waals surface area contributed by atoms with E-state index < -0.39 is 0 Å². The maximum Gasteiger partial charge on any atom is 0.302 e. The molecule has 0 radical (unpaired) electrons. The average molecular weight is 240 g/mol. The summed E-state index contributed by atoms with van der Waals surface area (Å²) in [7, 11) is 0. The Hall–Kier alpha value is -0.530. The van der Waals surface area contributed by atoms with Gasteiger partial charge in [0.15, 0.2) is 0 Å². The molecule has 2 heteroatoms. The second-order valence-corrected chi connectivity index (χ2v) is 5.55. The second-order valence-electron chi connectivity index (χ2n) is 5.55. The molecule has 0 atom stereocenters. The number of rotatable bonds is 1. The number of carbonyl (C=O) groups excluding carboxylic acids is 1. The fourth-order valence-electron chi connectivity index (χ4n) is 3.31. The van der Waals surface area contributed by atoms with Crippen molar-refractivity contribution in [2.24, 2.45) is 5.41 Å². The lowest BCUT2D eigenvalue weighted by Crippen LogP contribution is -2.26. The molecular formula is C15H28O2. The lowest BCUT2D eigenvalue weighted by molar-refractivity contribution is -0.140. The van der Waals surface area contributed by atoms with Crippen molar-refractivity contribution in [2.75, 3.05) is 6.61 Å². The van der Waals surface area contributed by atoms with E-state index in [9.17, 15) is 4.79 Å². The summed E-state index contributed by atoms with van der Waals surface area (Å²) in [5.74, 6) is -0.211. The smallest absolute Gasteiger partial charge is 0.302 e. The highest BCUT2D eigenvalue weighted by molar-refractivity contribution is 5.65. The van der Waals surface area contributed by atoms with E-state index in [1.165, 1.54) is 45.4 Å². The molecule has 17 heavy (non-hydrogen) atoms. The third-order valence-corrected chi connectivity index (χ3v) is 4.18. The third-order valence-electron chi connectivity index (χ3n) is 4.18. The van der Waals surface area contributed by atoms with Crippen LogP contribution >= 0.6 is 0 Å². The zero-order chi connectivity index (χ0) is 12.6. The summed E-state index contributed by atoms with van der Waals surface area (Å²) in [6.45, 7) is 3.65. The minimum absolute atomic E-state index is 0.211. The molecule has 0 saturated heterocycles. The number of esters is 1. The zero-order valence-electron chi connectivity index (χ0n) is 11.6. The van der Waals surface area contributed by atoms with Crippen LogP contribution in [0.1, 0.15) is 78.1 Å². The van der Waals surface area contributed by atoms with Crippen LogP contribution in [0.5, 0.6) is 0 Å². The molecule has 0 aromatic heterocycles. The molecule has 2 nitrogen and oxygen atoms in total. The lowest BCUT2D eigenvalue weighted by atomic mass is 9.65. The molecule has 2 rings (SSSR count). The standard InChI is InChI=1S/C11H20.C4H8O2/c1-3-7-11(8-4-1)9-5-2-6-10-11;1-3-6-4(2)5/h1-10H2;3H2,1-2H3. The number of hydrogen-bond acceptors (Lipinski definition) is 2. The Morgan fingerprint density at radius 1 is 0.941 bits per heavy atom. The summed E-state index contributed by atoms with van der Waals surface area (Å²) in [6.07, 6.45) is 15.4. The largest absolute Gasteiger partial charge is 0.466 e. The average Bonchev–Trinajstić information content (AvgIpc) is 2.31. The highest BCUT2D eigenvalue weighted by Gasteiger charge is 2.32. The SMILES string of the molecule is C1CCC2(CC1)CCCCC2.CCOC(C)=O. The first-order valence-electron chi connectivity index (χ1n) is 7.32. The molecule has 2 aliphatic carbocycles. The quantitative estimate of drug-likeness (QED) is 0.632. The summed E-state index contributed by atoms with van der Waals surface area (Å²) in [4.78, 5) is 9.82. The topological polar surface area (TPSA) is 26.3 Å². The van der Waals surface area contributed by atoms with Crippen molar-refractivity contribution in [1.82, 2.24) is 0 Å². The Bertz CT molecular complexity index is 191. The molecule has 100 valence electrons. The molecule has 0 aromatic rings. The van der Waals surface area contributed by atoms with E-state index in [2.05, 4.69) is 4.74 Å². The number of carbonyl (C=O) groups is 1. The Morgan fingerprint density at radius 3 is 1.59 bits per heavy atom. The van der Waals surface area contributed by atoms with Gasteiger partial charge in [-0.25, -0.2) is 0 Å². The van der Waals surface area contributed by atoms with Gasteiger partial charge in [-0.05, 0) is 38.0 Å². The van der Waals surface area contributed by atoms with E-state index in [0.717, 1.165) is 5.41 Å². The first kappa shape index (κ1) is 14.5. The molecule has 0 amide bonds. The van der Waals surface area contributed by atoms with Crippen molar-refractivity contribution in [3.05, 3.63) is 0 Å². The van der Waals surface area contributed by atoms with Gasteiger partial charge in [0.2, 0.25) is 0 Å². The molecule has 2 aliphatic rings. The van der Waals surface area contributed by atoms with Crippen molar-refractivity contribution in [3.63, 3.8) is 0 Å². The molecule has 0 heterocycles. The molecule has 1 spiro atoms. The molecule has 0 N–H and O–H groups in total. The molecule has 2 saturated carbocycles. The highest BCUT2D eigenvalue weighted by atomic mass is 16.5. The monoisotopic (exact) mass is 240 g/mol. The molecule has 0 unspecified atom stereocenters. The van der Waals surface area contributed by atoms with Crippen LogP contribution in [0.25, 0.3) is 0 Å². The van der Waals surface area contributed by atoms with Gasteiger partial charge in [-0.15, -0.1) is 0 Å². The van der Waals surface area contributed by atoms with Crippen LogP contribution < -0.4 is 0 Å². The molecular weight excluding hydrogens is 212 g/mol. The summed E-state index contributed by atoms with van der Waals surface area (Å²) in [5.41, 5.74) is 0.858. The summed E-state index contributed by atoms with van der Waals surface area (Å²) in [5, 5.41) is 0. The Labute approximate surface area is 106 Å². The fraction of sp³-hybridized carbons (Fsp3) is 0.933. The van der Waals surface area contributed by atoms with Crippen LogP contribution in [0.2, 0.25) is 0 Å². The maximum absolute atomic E-state index is 9.82. The normalized spacial score (nSPS) is 22.5.